The number of cyclic esters (lactones) is 1. The summed E-state index contributed by atoms with van der Waals surface area (Å²) in [5, 5.41) is 2.66. The van der Waals surface area contributed by atoms with Crippen LogP contribution in [0.3, 0.4) is 0 Å². The predicted molar refractivity (Wildman–Crippen MR) is 72.7 cm³/mol. The lowest BCUT2D eigenvalue weighted by Gasteiger charge is -2.32. The fourth-order valence-electron chi connectivity index (χ4n) is 2.39. The van der Waals surface area contributed by atoms with Gasteiger partial charge in [0.2, 0.25) is 0 Å². The number of carbonyl (C=O) groups is 2. The molecule has 5 heteroatoms. The Bertz CT molecular complexity index is 700. The molecule has 1 aliphatic heterocycles. The van der Waals surface area contributed by atoms with E-state index >= 15 is 0 Å². The van der Waals surface area contributed by atoms with Crippen LogP contribution in [-0.4, -0.2) is 12.4 Å². The van der Waals surface area contributed by atoms with E-state index in [-0.39, 0.29) is 5.76 Å². The number of nitrogens with one attached hydrogen (secondary N) is 1. The Morgan fingerprint density at radius 2 is 2.05 bits per heavy atom. The van der Waals surface area contributed by atoms with Gasteiger partial charge in [0.25, 0.3) is 0 Å². The van der Waals surface area contributed by atoms with E-state index in [1.165, 1.54) is 6.26 Å². The highest BCUT2D eigenvalue weighted by Crippen LogP contribution is 2.38. The first-order valence-corrected chi connectivity index (χ1v) is 6.19. The number of aldehydes is 1. The molecule has 2 aromatic rings. The third-order valence-corrected chi connectivity index (χ3v) is 3.37. The van der Waals surface area contributed by atoms with Crippen LogP contribution in [0.4, 0.5) is 10.5 Å². The van der Waals surface area contributed by atoms with Crippen molar-refractivity contribution in [2.75, 3.05) is 5.32 Å². The van der Waals surface area contributed by atoms with Crippen molar-refractivity contribution < 1.29 is 18.7 Å². The van der Waals surface area contributed by atoms with Crippen LogP contribution in [-0.2, 0) is 10.3 Å². The number of rotatable bonds is 2. The standard InChI is InChI=1S/C15H13NO4/c1-15(2)11-7-9(10-5-6-19-13(10)8-17)3-4-12(11)16-14(18)20-15/h3-8H,1-2H3,(H,16,18). The van der Waals surface area contributed by atoms with E-state index in [4.69, 9.17) is 9.15 Å². The van der Waals surface area contributed by atoms with Crippen molar-refractivity contribution in [3.63, 3.8) is 0 Å². The van der Waals surface area contributed by atoms with Crippen LogP contribution in [0.2, 0.25) is 0 Å². The van der Waals surface area contributed by atoms with Gasteiger partial charge in [0, 0.05) is 11.1 Å². The quantitative estimate of drug-likeness (QED) is 0.848. The number of hydrogen-bond acceptors (Lipinski definition) is 4. The Morgan fingerprint density at radius 1 is 1.25 bits per heavy atom. The summed E-state index contributed by atoms with van der Waals surface area (Å²) >= 11 is 0. The van der Waals surface area contributed by atoms with Gasteiger partial charge in [-0.25, -0.2) is 4.79 Å². The molecule has 3 rings (SSSR count). The largest absolute Gasteiger partial charge is 0.461 e. The maximum absolute atomic E-state index is 11.5. The van der Waals surface area contributed by atoms with E-state index in [0.717, 1.165) is 16.7 Å². The third-order valence-electron chi connectivity index (χ3n) is 3.37. The van der Waals surface area contributed by atoms with Gasteiger partial charge >= 0.3 is 6.09 Å². The molecular weight excluding hydrogens is 258 g/mol. The molecule has 0 spiro atoms. The van der Waals surface area contributed by atoms with E-state index in [1.54, 1.807) is 12.1 Å². The minimum absolute atomic E-state index is 0.281. The molecule has 1 aromatic heterocycles. The fourth-order valence-corrected chi connectivity index (χ4v) is 2.39. The number of furan rings is 1. The summed E-state index contributed by atoms with van der Waals surface area (Å²) in [6.45, 7) is 3.65. The molecule has 0 unspecified atom stereocenters. The zero-order chi connectivity index (χ0) is 14.3. The summed E-state index contributed by atoms with van der Waals surface area (Å²) in [6.07, 6.45) is 1.69. The number of hydrogen-bond donors (Lipinski definition) is 1. The van der Waals surface area contributed by atoms with E-state index < -0.39 is 11.7 Å². The Morgan fingerprint density at radius 3 is 2.80 bits per heavy atom. The maximum Gasteiger partial charge on any atom is 0.412 e. The Balaban J connectivity index is 2.14. The van der Waals surface area contributed by atoms with Crippen LogP contribution < -0.4 is 5.32 Å². The van der Waals surface area contributed by atoms with Crippen LogP contribution in [0.1, 0.15) is 30.0 Å². The first-order valence-electron chi connectivity index (χ1n) is 6.19. The smallest absolute Gasteiger partial charge is 0.412 e. The highest BCUT2D eigenvalue weighted by molar-refractivity contribution is 5.91. The molecule has 20 heavy (non-hydrogen) atoms. The second-order valence-electron chi connectivity index (χ2n) is 5.10. The molecule has 1 N–H and O–H groups in total. The van der Waals surface area contributed by atoms with Crippen molar-refractivity contribution in [3.05, 3.63) is 41.9 Å². The lowest BCUT2D eigenvalue weighted by Crippen LogP contribution is -2.34. The Labute approximate surface area is 115 Å². The van der Waals surface area contributed by atoms with Gasteiger partial charge in [-0.1, -0.05) is 6.07 Å². The van der Waals surface area contributed by atoms with E-state index in [0.29, 0.717) is 12.0 Å². The summed E-state index contributed by atoms with van der Waals surface area (Å²) in [7, 11) is 0. The van der Waals surface area contributed by atoms with Crippen LogP contribution in [0.15, 0.2) is 34.9 Å². The Kier molecular flexibility index (Phi) is 2.64. The molecule has 0 saturated carbocycles. The second-order valence-corrected chi connectivity index (χ2v) is 5.10. The second kappa shape index (κ2) is 4.23. The molecule has 2 heterocycles. The van der Waals surface area contributed by atoms with E-state index in [2.05, 4.69) is 5.32 Å². The number of fused-ring (bicyclic) bond motifs is 1. The van der Waals surface area contributed by atoms with Gasteiger partial charge in [-0.05, 0) is 37.6 Å². The minimum atomic E-state index is -0.723. The van der Waals surface area contributed by atoms with Crippen molar-refractivity contribution in [1.29, 1.82) is 0 Å². The van der Waals surface area contributed by atoms with Crippen molar-refractivity contribution in [3.8, 4) is 11.1 Å². The zero-order valence-electron chi connectivity index (χ0n) is 11.1. The normalized spacial score (nSPS) is 16.0. The Hall–Kier alpha value is -2.56. The first-order chi connectivity index (χ1) is 9.51. The molecule has 0 saturated heterocycles. The van der Waals surface area contributed by atoms with Crippen LogP contribution in [0.5, 0.6) is 0 Å². The monoisotopic (exact) mass is 271 g/mol. The topological polar surface area (TPSA) is 68.5 Å². The SMILES string of the molecule is CC1(C)OC(=O)Nc2ccc(-c3ccoc3C=O)cc21. The van der Waals surface area contributed by atoms with E-state index in [1.807, 2.05) is 26.0 Å². The van der Waals surface area contributed by atoms with Crippen molar-refractivity contribution in [1.82, 2.24) is 0 Å². The van der Waals surface area contributed by atoms with Crippen LogP contribution in [0.25, 0.3) is 11.1 Å². The fraction of sp³-hybridized carbons (Fsp3) is 0.200. The summed E-state index contributed by atoms with van der Waals surface area (Å²) < 4.78 is 10.4. The summed E-state index contributed by atoms with van der Waals surface area (Å²) in [4.78, 5) is 22.4. The number of carbonyl (C=O) groups excluding carboxylic acids is 2. The van der Waals surface area contributed by atoms with Gasteiger partial charge in [0.05, 0.1) is 12.0 Å². The van der Waals surface area contributed by atoms with Gasteiger partial charge in [-0.2, -0.15) is 0 Å². The lowest BCUT2D eigenvalue weighted by atomic mass is 9.91. The van der Waals surface area contributed by atoms with Crippen molar-refractivity contribution >= 4 is 18.1 Å². The molecule has 102 valence electrons. The molecular formula is C15H13NO4. The average Bonchev–Trinajstić information content (AvgIpc) is 2.85. The van der Waals surface area contributed by atoms with Crippen LogP contribution >= 0.6 is 0 Å². The van der Waals surface area contributed by atoms with Gasteiger partial charge < -0.3 is 9.15 Å². The highest BCUT2D eigenvalue weighted by Gasteiger charge is 2.33. The lowest BCUT2D eigenvalue weighted by molar-refractivity contribution is 0.0421. The molecule has 1 aliphatic rings. The molecule has 0 atom stereocenters. The first kappa shape index (κ1) is 12.5. The van der Waals surface area contributed by atoms with Crippen molar-refractivity contribution in [2.24, 2.45) is 0 Å². The molecule has 0 bridgehead atoms. The predicted octanol–water partition coefficient (Wildman–Crippen LogP) is 3.56. The summed E-state index contributed by atoms with van der Waals surface area (Å²) in [5.74, 6) is 0.281. The molecule has 5 nitrogen and oxygen atoms in total. The van der Waals surface area contributed by atoms with Gasteiger partial charge in [0.1, 0.15) is 5.60 Å². The molecule has 1 aromatic carbocycles. The van der Waals surface area contributed by atoms with Gasteiger partial charge in [0.15, 0.2) is 12.0 Å². The third kappa shape index (κ3) is 1.87. The maximum atomic E-state index is 11.5. The minimum Gasteiger partial charge on any atom is -0.461 e. The number of ether oxygens (including phenoxy) is 1. The summed E-state index contributed by atoms with van der Waals surface area (Å²) in [5.41, 5.74) is 2.40. The molecule has 0 radical (unpaired) electrons. The van der Waals surface area contributed by atoms with E-state index in [9.17, 15) is 9.59 Å². The summed E-state index contributed by atoms with van der Waals surface area (Å²) in [6, 6.07) is 7.26. The number of amides is 1. The number of anilines is 1. The number of benzene rings is 1. The highest BCUT2D eigenvalue weighted by atomic mass is 16.6. The molecule has 0 aliphatic carbocycles. The van der Waals surface area contributed by atoms with Gasteiger partial charge in [-0.15, -0.1) is 0 Å². The van der Waals surface area contributed by atoms with Gasteiger partial charge in [-0.3, -0.25) is 10.1 Å². The molecule has 0 fully saturated rings. The zero-order valence-corrected chi connectivity index (χ0v) is 11.1. The van der Waals surface area contributed by atoms with Crippen LogP contribution in [0, 0.1) is 0 Å². The average molecular weight is 271 g/mol. The van der Waals surface area contributed by atoms with Crippen molar-refractivity contribution in [2.45, 2.75) is 19.4 Å². The molecule has 1 amide bonds.